The molecule has 9 nitrogen and oxygen atoms in total. The number of aromatic nitrogens is 3. The van der Waals surface area contributed by atoms with Crippen LogP contribution in [0.25, 0.3) is 22.2 Å². The fourth-order valence-corrected chi connectivity index (χ4v) is 4.54. The first-order valence-electron chi connectivity index (χ1n) is 9.99. The summed E-state index contributed by atoms with van der Waals surface area (Å²) in [6.07, 6.45) is 2.70. The molecule has 11 heteroatoms. The molecule has 1 saturated heterocycles. The quantitative estimate of drug-likeness (QED) is 0.589. The number of fused-ring (bicyclic) bond motifs is 1. The van der Waals surface area contributed by atoms with Gasteiger partial charge in [0, 0.05) is 47.0 Å². The van der Waals surface area contributed by atoms with Crippen LogP contribution in [0.5, 0.6) is 0 Å². The minimum absolute atomic E-state index is 0.0797. The molecule has 0 bridgehead atoms. The van der Waals surface area contributed by atoms with Crippen molar-refractivity contribution in [1.82, 2.24) is 14.5 Å². The molecule has 1 fully saturated rings. The Hall–Kier alpha value is -2.37. The summed E-state index contributed by atoms with van der Waals surface area (Å²) in [7, 11) is -3.43. The van der Waals surface area contributed by atoms with Gasteiger partial charge in [-0.15, -0.1) is 0 Å². The zero-order valence-corrected chi connectivity index (χ0v) is 19.2. The number of ether oxygens (including phenoxy) is 2. The molecule has 1 aromatic carbocycles. The van der Waals surface area contributed by atoms with Crippen LogP contribution in [0.4, 0.5) is 0 Å². The molecule has 0 saturated carbocycles. The highest BCUT2D eigenvalue weighted by molar-refractivity contribution is 7.90. The Balaban J connectivity index is 1.78. The smallest absolute Gasteiger partial charge is 0.260 e. The van der Waals surface area contributed by atoms with Crippen molar-refractivity contribution in [3.63, 3.8) is 0 Å². The summed E-state index contributed by atoms with van der Waals surface area (Å²) >= 11 is 6.39. The molecule has 0 radical (unpaired) electrons. The van der Waals surface area contributed by atoms with Crippen molar-refractivity contribution in [3.05, 3.63) is 51.7 Å². The average molecular weight is 479 g/mol. The van der Waals surface area contributed by atoms with Gasteiger partial charge in [0.1, 0.15) is 11.5 Å². The monoisotopic (exact) mass is 478 g/mol. The number of aryl methyl sites for hydroxylation is 2. The van der Waals surface area contributed by atoms with Crippen LogP contribution < -0.4 is 11.3 Å². The number of hydrogen-bond donors (Lipinski definition) is 1. The van der Waals surface area contributed by atoms with Gasteiger partial charge in [0.2, 0.25) is 0 Å². The van der Waals surface area contributed by atoms with Crippen molar-refractivity contribution in [2.24, 2.45) is 5.73 Å². The van der Waals surface area contributed by atoms with Gasteiger partial charge in [-0.05, 0) is 25.1 Å². The predicted molar refractivity (Wildman–Crippen MR) is 120 cm³/mol. The van der Waals surface area contributed by atoms with Crippen LogP contribution in [0, 0.1) is 6.92 Å². The number of hydrogen-bond acceptors (Lipinski definition) is 8. The molecule has 1 aliphatic rings. The topological polar surface area (TPSA) is 126 Å². The highest BCUT2D eigenvalue weighted by Gasteiger charge is 2.21. The van der Waals surface area contributed by atoms with E-state index >= 15 is 0 Å². The van der Waals surface area contributed by atoms with E-state index in [1.165, 1.54) is 18.2 Å². The average Bonchev–Trinajstić information content (AvgIpc) is 2.74. The second-order valence-electron chi connectivity index (χ2n) is 7.77. The molecule has 4 rings (SSSR count). The second kappa shape index (κ2) is 8.87. The summed E-state index contributed by atoms with van der Waals surface area (Å²) in [6, 6.07) is 5.82. The maximum Gasteiger partial charge on any atom is 0.260 e. The van der Waals surface area contributed by atoms with Crippen molar-refractivity contribution >= 4 is 32.5 Å². The summed E-state index contributed by atoms with van der Waals surface area (Å²) in [4.78, 5) is 22.2. The molecule has 0 amide bonds. The Bertz CT molecular complexity index is 1330. The molecule has 3 aromatic rings. The van der Waals surface area contributed by atoms with Gasteiger partial charge >= 0.3 is 0 Å². The summed E-state index contributed by atoms with van der Waals surface area (Å²) < 4.78 is 36.4. The molecule has 0 atom stereocenters. The third-order valence-electron chi connectivity index (χ3n) is 5.19. The molecular weight excluding hydrogens is 456 g/mol. The molecule has 0 unspecified atom stereocenters. The maximum absolute atomic E-state index is 13.5. The highest BCUT2D eigenvalue weighted by atomic mass is 35.5. The largest absolute Gasteiger partial charge is 0.351 e. The zero-order valence-electron chi connectivity index (χ0n) is 17.6. The third-order valence-corrected chi connectivity index (χ3v) is 6.61. The van der Waals surface area contributed by atoms with Crippen molar-refractivity contribution < 1.29 is 17.9 Å². The lowest BCUT2D eigenvalue weighted by Crippen LogP contribution is -2.41. The molecular formula is C21H23ClN4O5S. The van der Waals surface area contributed by atoms with Crippen LogP contribution >= 0.6 is 11.6 Å². The minimum Gasteiger partial charge on any atom is -0.351 e. The van der Waals surface area contributed by atoms with Crippen molar-refractivity contribution in [2.75, 3.05) is 19.5 Å². The second-order valence-corrected chi connectivity index (χ2v) is 10.2. The van der Waals surface area contributed by atoms with Crippen molar-refractivity contribution in [3.8, 4) is 11.1 Å². The van der Waals surface area contributed by atoms with Crippen LogP contribution in [-0.4, -0.2) is 54.8 Å². The molecule has 0 spiro atoms. The fraction of sp³-hybridized carbons (Fsp3) is 0.381. The lowest BCUT2D eigenvalue weighted by Gasteiger charge is -2.27. The Morgan fingerprint density at radius 1 is 1.22 bits per heavy atom. The van der Waals surface area contributed by atoms with E-state index in [0.717, 1.165) is 6.26 Å². The molecule has 0 aliphatic carbocycles. The molecule has 170 valence electrons. The van der Waals surface area contributed by atoms with E-state index in [1.807, 2.05) is 0 Å². The van der Waals surface area contributed by atoms with Crippen molar-refractivity contribution in [2.45, 2.75) is 37.1 Å². The van der Waals surface area contributed by atoms with Crippen LogP contribution in [0.2, 0.25) is 5.02 Å². The highest BCUT2D eigenvalue weighted by Crippen LogP contribution is 2.30. The molecule has 2 aromatic heterocycles. The van der Waals surface area contributed by atoms with Gasteiger partial charge in [-0.2, -0.15) is 0 Å². The zero-order chi connectivity index (χ0) is 23.0. The van der Waals surface area contributed by atoms with Gasteiger partial charge < -0.3 is 15.2 Å². The van der Waals surface area contributed by atoms with Gasteiger partial charge in [-0.25, -0.2) is 18.4 Å². The van der Waals surface area contributed by atoms with Crippen molar-refractivity contribution in [1.29, 1.82) is 0 Å². The number of halogens is 1. The summed E-state index contributed by atoms with van der Waals surface area (Å²) in [5, 5.41) is 0.817. The number of benzene rings is 1. The van der Waals surface area contributed by atoms with Gasteiger partial charge in [-0.1, -0.05) is 17.7 Å². The van der Waals surface area contributed by atoms with Crippen LogP contribution in [0.1, 0.15) is 12.2 Å². The lowest BCUT2D eigenvalue weighted by molar-refractivity contribution is -0.189. The summed E-state index contributed by atoms with van der Waals surface area (Å²) in [5.74, 6) is 0.532. The Morgan fingerprint density at radius 2 is 1.94 bits per heavy atom. The number of pyridine rings is 1. The Morgan fingerprint density at radius 3 is 2.59 bits per heavy atom. The fourth-order valence-electron chi connectivity index (χ4n) is 3.55. The Labute approximate surface area is 190 Å². The van der Waals surface area contributed by atoms with Crippen LogP contribution in [-0.2, 0) is 25.9 Å². The van der Waals surface area contributed by atoms with Gasteiger partial charge in [0.25, 0.3) is 5.56 Å². The first kappa shape index (κ1) is 22.8. The maximum atomic E-state index is 13.5. The first-order valence-corrected chi connectivity index (χ1v) is 12.3. The van der Waals surface area contributed by atoms with E-state index in [4.69, 9.17) is 26.8 Å². The first-order chi connectivity index (χ1) is 15.1. The van der Waals surface area contributed by atoms with E-state index in [0.29, 0.717) is 54.2 Å². The van der Waals surface area contributed by atoms with Gasteiger partial charge in [0.05, 0.1) is 24.2 Å². The van der Waals surface area contributed by atoms with E-state index in [9.17, 15) is 13.2 Å². The van der Waals surface area contributed by atoms with Crippen LogP contribution in [0.15, 0.2) is 40.2 Å². The Kier molecular flexibility index (Phi) is 6.33. The van der Waals surface area contributed by atoms with E-state index < -0.39 is 16.1 Å². The van der Waals surface area contributed by atoms with E-state index in [1.54, 1.807) is 23.8 Å². The van der Waals surface area contributed by atoms with E-state index in [2.05, 4.69) is 9.97 Å². The minimum atomic E-state index is -3.43. The third kappa shape index (κ3) is 4.69. The number of nitrogens with zero attached hydrogens (tertiary/aromatic N) is 3. The van der Waals surface area contributed by atoms with Gasteiger partial charge in [-0.3, -0.25) is 9.36 Å². The normalized spacial score (nSPS) is 19.4. The summed E-state index contributed by atoms with van der Waals surface area (Å²) in [5.41, 5.74) is 6.71. The number of nitrogens with two attached hydrogens (primary N) is 1. The van der Waals surface area contributed by atoms with Crippen LogP contribution in [0.3, 0.4) is 0 Å². The number of rotatable bonds is 5. The lowest BCUT2D eigenvalue weighted by atomic mass is 10.1. The van der Waals surface area contributed by atoms with Gasteiger partial charge in [0.15, 0.2) is 16.1 Å². The SMILES string of the molecule is Cc1ncc2cc(-c3ccc(S(C)(=O)=O)cc3Cl)c(=O)n(CCC3OCC(N)CO3)c2n1. The molecule has 32 heavy (non-hydrogen) atoms. The molecule has 3 heterocycles. The van der Waals surface area contributed by atoms with E-state index in [-0.39, 0.29) is 21.5 Å². The number of sulfone groups is 1. The molecule has 1 aliphatic heterocycles. The summed E-state index contributed by atoms with van der Waals surface area (Å²) in [6.45, 7) is 2.82. The molecule has 2 N–H and O–H groups in total. The standard InChI is InChI=1S/C21H23ClN4O5S/c1-12-24-9-13-7-17(16-4-3-15(8-18(16)22)32(2,28)29)21(27)26(20(13)25-12)6-5-19-30-10-14(23)11-31-19/h3-4,7-9,14,19H,5-6,10-11,23H2,1-2H3. The predicted octanol–water partition coefficient (Wildman–Crippen LogP) is 1.91.